The largest absolute Gasteiger partial charge is 0.477 e. The highest BCUT2D eigenvalue weighted by Crippen LogP contribution is 2.29. The summed E-state index contributed by atoms with van der Waals surface area (Å²) >= 11 is 0.975. The number of anilines is 1. The van der Waals surface area contributed by atoms with E-state index in [1.807, 2.05) is 6.92 Å². The van der Waals surface area contributed by atoms with E-state index >= 15 is 0 Å². The number of hydrogen-bond acceptors (Lipinski definition) is 9. The Morgan fingerprint density at radius 1 is 1.38 bits per heavy atom. The number of carboxylic acids is 1. The van der Waals surface area contributed by atoms with E-state index in [-0.39, 0.29) is 33.7 Å². The van der Waals surface area contributed by atoms with Crippen molar-refractivity contribution in [1.29, 1.82) is 0 Å². The zero-order chi connectivity index (χ0) is 22.8. The predicted octanol–water partition coefficient (Wildman–Crippen LogP) is 1.90. The summed E-state index contributed by atoms with van der Waals surface area (Å²) in [5.41, 5.74) is -1.29. The number of halogens is 1. The maximum absolute atomic E-state index is 14.9. The molecule has 1 saturated heterocycles. The van der Waals surface area contributed by atoms with E-state index in [2.05, 4.69) is 14.3 Å². The van der Waals surface area contributed by atoms with Gasteiger partial charge in [0.15, 0.2) is 17.3 Å². The Bertz CT molecular complexity index is 1220. The fourth-order valence-electron chi connectivity index (χ4n) is 3.56. The molecule has 0 atom stereocenters. The zero-order valence-electron chi connectivity index (χ0n) is 17.2. The van der Waals surface area contributed by atoms with Gasteiger partial charge in [-0.1, -0.05) is 0 Å². The van der Waals surface area contributed by atoms with Crippen LogP contribution in [0.5, 0.6) is 0 Å². The molecule has 3 aromatic rings. The summed E-state index contributed by atoms with van der Waals surface area (Å²) in [4.78, 5) is 46.4. The van der Waals surface area contributed by atoms with Crippen molar-refractivity contribution in [2.75, 3.05) is 31.2 Å². The average Bonchev–Trinajstić information content (AvgIpc) is 3.26. The van der Waals surface area contributed by atoms with E-state index in [0.29, 0.717) is 39.1 Å². The standard InChI is InChI=1S/C20H20FN5O5S/c1-2-31-5-3-4-15(27)11-7-25(8-11)18-14(21)6-12-16(28)13(19(29)30)9-26(17(12)24-18)20-22-10-23-32-20/h6,9-11H,2-5,7-8H2,1H3,(H,29,30). The van der Waals surface area contributed by atoms with Crippen molar-refractivity contribution in [3.63, 3.8) is 0 Å². The van der Waals surface area contributed by atoms with Gasteiger partial charge in [-0.15, -0.1) is 0 Å². The lowest BCUT2D eigenvalue weighted by atomic mass is 9.92. The molecule has 0 radical (unpaired) electrons. The molecule has 168 valence electrons. The lowest BCUT2D eigenvalue weighted by molar-refractivity contribution is -0.123. The van der Waals surface area contributed by atoms with Gasteiger partial charge in [0, 0.05) is 50.5 Å². The molecule has 0 aromatic carbocycles. The number of fused-ring (bicyclic) bond motifs is 1. The number of aromatic nitrogens is 4. The Kier molecular flexibility index (Phi) is 6.24. The maximum atomic E-state index is 14.9. The zero-order valence-corrected chi connectivity index (χ0v) is 18.0. The molecule has 1 N–H and O–H groups in total. The molecule has 12 heteroatoms. The number of carbonyl (C=O) groups excluding carboxylic acids is 1. The summed E-state index contributed by atoms with van der Waals surface area (Å²) in [5.74, 6) is -2.32. The Morgan fingerprint density at radius 3 is 2.81 bits per heavy atom. The number of aromatic carboxylic acids is 1. The first-order valence-corrected chi connectivity index (χ1v) is 10.8. The molecule has 1 aliphatic heterocycles. The maximum Gasteiger partial charge on any atom is 0.341 e. The minimum Gasteiger partial charge on any atom is -0.477 e. The van der Waals surface area contributed by atoms with Crippen molar-refractivity contribution < 1.29 is 23.8 Å². The number of Topliss-reactive ketones (excluding diaryl/α,β-unsaturated/α-hetero) is 1. The van der Waals surface area contributed by atoms with Gasteiger partial charge in [-0.05, 0) is 19.4 Å². The van der Waals surface area contributed by atoms with E-state index < -0.39 is 22.8 Å². The van der Waals surface area contributed by atoms with E-state index in [9.17, 15) is 23.9 Å². The fraction of sp³-hybridized carbons (Fsp3) is 0.400. The Morgan fingerprint density at radius 2 is 2.16 bits per heavy atom. The first kappa shape index (κ1) is 22.0. The number of carbonyl (C=O) groups is 2. The third kappa shape index (κ3) is 4.10. The van der Waals surface area contributed by atoms with Crippen molar-refractivity contribution in [2.45, 2.75) is 19.8 Å². The molecule has 1 fully saturated rings. The summed E-state index contributed by atoms with van der Waals surface area (Å²) in [6.45, 7) is 3.66. The lowest BCUT2D eigenvalue weighted by Crippen LogP contribution is -2.51. The van der Waals surface area contributed by atoms with Crippen LogP contribution in [0, 0.1) is 11.7 Å². The normalized spacial score (nSPS) is 14.0. The summed E-state index contributed by atoms with van der Waals surface area (Å²) < 4.78 is 25.3. The van der Waals surface area contributed by atoms with Crippen molar-refractivity contribution in [2.24, 2.45) is 5.92 Å². The van der Waals surface area contributed by atoms with Gasteiger partial charge in [-0.3, -0.25) is 14.2 Å². The number of rotatable bonds is 9. The van der Waals surface area contributed by atoms with Crippen LogP contribution in [0.1, 0.15) is 30.1 Å². The van der Waals surface area contributed by atoms with Gasteiger partial charge in [0.2, 0.25) is 10.6 Å². The van der Waals surface area contributed by atoms with E-state index in [1.54, 1.807) is 4.90 Å². The second-order valence-corrected chi connectivity index (χ2v) is 8.06. The molecule has 0 spiro atoms. The van der Waals surface area contributed by atoms with Crippen LogP contribution < -0.4 is 10.3 Å². The van der Waals surface area contributed by atoms with Crippen LogP contribution in [-0.4, -0.2) is 62.1 Å². The van der Waals surface area contributed by atoms with Gasteiger partial charge < -0.3 is 14.7 Å². The first-order chi connectivity index (χ1) is 15.4. The van der Waals surface area contributed by atoms with Crippen LogP contribution >= 0.6 is 11.5 Å². The van der Waals surface area contributed by atoms with Gasteiger partial charge in [0.25, 0.3) is 0 Å². The minimum atomic E-state index is -1.44. The molecule has 0 bridgehead atoms. The topological polar surface area (TPSA) is 128 Å². The van der Waals surface area contributed by atoms with Crippen molar-refractivity contribution in [3.8, 4) is 5.13 Å². The number of nitrogens with zero attached hydrogens (tertiary/aromatic N) is 5. The highest BCUT2D eigenvalue weighted by atomic mass is 32.1. The summed E-state index contributed by atoms with van der Waals surface area (Å²) in [5, 5.41) is 9.48. The summed E-state index contributed by atoms with van der Waals surface area (Å²) in [6.07, 6.45) is 3.45. The summed E-state index contributed by atoms with van der Waals surface area (Å²) in [7, 11) is 0. The number of ether oxygens (including phenoxy) is 1. The molecule has 10 nitrogen and oxygen atoms in total. The third-order valence-electron chi connectivity index (χ3n) is 5.25. The average molecular weight is 461 g/mol. The number of ketones is 1. The van der Waals surface area contributed by atoms with Crippen LogP contribution in [0.15, 0.2) is 23.4 Å². The van der Waals surface area contributed by atoms with Gasteiger partial charge in [-0.25, -0.2) is 19.2 Å². The molecule has 0 aliphatic carbocycles. The molecular formula is C20H20FN5O5S. The van der Waals surface area contributed by atoms with Crippen molar-refractivity contribution >= 4 is 40.1 Å². The molecule has 4 rings (SSSR count). The van der Waals surface area contributed by atoms with E-state index in [1.165, 1.54) is 10.9 Å². The molecule has 4 heterocycles. The highest BCUT2D eigenvalue weighted by Gasteiger charge is 2.35. The molecule has 0 amide bonds. The monoisotopic (exact) mass is 461 g/mol. The Labute approximate surface area is 185 Å². The quantitative estimate of drug-likeness (QED) is 0.475. The lowest BCUT2D eigenvalue weighted by Gasteiger charge is -2.39. The van der Waals surface area contributed by atoms with Crippen LogP contribution in [0.25, 0.3) is 16.2 Å². The summed E-state index contributed by atoms with van der Waals surface area (Å²) in [6, 6.07) is 0.987. The van der Waals surface area contributed by atoms with Crippen LogP contribution in [-0.2, 0) is 9.53 Å². The minimum absolute atomic E-state index is 0.00314. The molecule has 1 aliphatic rings. The second kappa shape index (κ2) is 9.09. The van der Waals surface area contributed by atoms with Crippen LogP contribution in [0.4, 0.5) is 10.2 Å². The van der Waals surface area contributed by atoms with Crippen LogP contribution in [0.2, 0.25) is 0 Å². The van der Waals surface area contributed by atoms with Crippen molar-refractivity contribution in [3.05, 3.63) is 40.2 Å². The van der Waals surface area contributed by atoms with Gasteiger partial charge in [0.1, 0.15) is 17.7 Å². The molecule has 3 aromatic heterocycles. The number of pyridine rings is 2. The fourth-order valence-corrected chi connectivity index (χ4v) is 4.07. The smallest absolute Gasteiger partial charge is 0.341 e. The highest BCUT2D eigenvalue weighted by molar-refractivity contribution is 7.08. The molecule has 32 heavy (non-hydrogen) atoms. The van der Waals surface area contributed by atoms with Crippen molar-refractivity contribution in [1.82, 2.24) is 18.9 Å². The molecule has 0 unspecified atom stereocenters. The second-order valence-electron chi connectivity index (χ2n) is 7.30. The van der Waals surface area contributed by atoms with E-state index in [0.717, 1.165) is 23.8 Å². The SMILES string of the molecule is CCOCCCC(=O)C1CN(c2nc3c(cc2F)c(=O)c(C(=O)O)cn3-c2ncns2)C1. The Balaban J connectivity index is 1.64. The first-order valence-electron chi connectivity index (χ1n) is 10.0. The van der Waals surface area contributed by atoms with Gasteiger partial charge in [0.05, 0.1) is 11.3 Å². The Hall–Kier alpha value is -3.25. The predicted molar refractivity (Wildman–Crippen MR) is 114 cm³/mol. The molecule has 0 saturated carbocycles. The third-order valence-corrected chi connectivity index (χ3v) is 5.92. The number of hydrogen-bond donors (Lipinski definition) is 1. The van der Waals surface area contributed by atoms with E-state index in [4.69, 9.17) is 4.74 Å². The van der Waals surface area contributed by atoms with Gasteiger partial charge >= 0.3 is 5.97 Å². The number of carboxylic acid groups (broad SMARTS) is 1. The van der Waals surface area contributed by atoms with Crippen LogP contribution in [0.3, 0.4) is 0 Å². The molecular weight excluding hydrogens is 441 g/mol. The van der Waals surface area contributed by atoms with Gasteiger partial charge in [-0.2, -0.15) is 4.37 Å².